The molecule has 2 atom stereocenters. The topological polar surface area (TPSA) is 35.2 Å². The van der Waals surface area contributed by atoms with Gasteiger partial charge in [0.25, 0.3) is 0 Å². The summed E-state index contributed by atoms with van der Waals surface area (Å²) < 4.78 is 18.8. The zero-order valence-electron chi connectivity index (χ0n) is 10.5. The van der Waals surface area contributed by atoms with Crippen LogP contribution in [0.1, 0.15) is 18.6 Å². The van der Waals surface area contributed by atoms with Gasteiger partial charge in [0, 0.05) is 6.04 Å². The van der Waals surface area contributed by atoms with Crippen LogP contribution in [0.5, 0.6) is 5.75 Å². The predicted octanol–water partition coefficient (Wildman–Crippen LogP) is 3.95. The van der Waals surface area contributed by atoms with Gasteiger partial charge < -0.3 is 10.5 Å². The van der Waals surface area contributed by atoms with E-state index in [0.717, 1.165) is 5.56 Å². The van der Waals surface area contributed by atoms with E-state index in [9.17, 15) is 4.39 Å². The molecule has 0 amide bonds. The van der Waals surface area contributed by atoms with Crippen molar-refractivity contribution in [3.8, 4) is 5.75 Å². The molecule has 0 radical (unpaired) electrons. The fourth-order valence-electron chi connectivity index (χ4n) is 1.81. The van der Waals surface area contributed by atoms with Gasteiger partial charge >= 0.3 is 0 Å². The van der Waals surface area contributed by atoms with Crippen molar-refractivity contribution in [3.05, 3.63) is 64.9 Å². The largest absolute Gasteiger partial charge is 0.483 e. The lowest BCUT2D eigenvalue weighted by Gasteiger charge is -2.23. The van der Waals surface area contributed by atoms with E-state index in [1.807, 2.05) is 19.1 Å². The summed E-state index contributed by atoms with van der Waals surface area (Å²) >= 11 is 6.06. The molecule has 0 saturated carbocycles. The first-order valence-corrected chi connectivity index (χ1v) is 6.38. The molecule has 0 spiro atoms. The molecule has 0 aliphatic rings. The number of hydrogen-bond acceptors (Lipinski definition) is 2. The van der Waals surface area contributed by atoms with Crippen LogP contribution in [0, 0.1) is 5.82 Å². The maximum Gasteiger partial charge on any atom is 0.139 e. The van der Waals surface area contributed by atoms with Crippen LogP contribution < -0.4 is 10.5 Å². The molecule has 0 saturated heterocycles. The van der Waals surface area contributed by atoms with E-state index in [2.05, 4.69) is 0 Å². The summed E-state index contributed by atoms with van der Waals surface area (Å²) in [6.45, 7) is 1.84. The van der Waals surface area contributed by atoms with Gasteiger partial charge in [0.1, 0.15) is 17.7 Å². The molecule has 0 aliphatic heterocycles. The zero-order valence-corrected chi connectivity index (χ0v) is 11.3. The van der Waals surface area contributed by atoms with Crippen LogP contribution in [0.4, 0.5) is 4.39 Å². The van der Waals surface area contributed by atoms with E-state index in [0.29, 0.717) is 10.8 Å². The first-order valence-electron chi connectivity index (χ1n) is 6.00. The second-order valence-electron chi connectivity index (χ2n) is 4.38. The van der Waals surface area contributed by atoms with Gasteiger partial charge in [0.05, 0.1) is 5.02 Å². The number of para-hydroxylation sites is 1. The fraction of sp³-hybridized carbons (Fsp3) is 0.200. The van der Waals surface area contributed by atoms with Crippen LogP contribution >= 0.6 is 11.6 Å². The fourth-order valence-corrected chi connectivity index (χ4v) is 1.99. The number of benzene rings is 2. The molecule has 2 rings (SSSR count). The Bertz CT molecular complexity index is 542. The first kappa shape index (κ1) is 13.8. The number of ether oxygens (including phenoxy) is 1. The number of nitrogens with two attached hydrogens (primary N) is 1. The van der Waals surface area contributed by atoms with E-state index in [1.54, 1.807) is 24.3 Å². The Kier molecular flexibility index (Phi) is 4.40. The minimum Gasteiger partial charge on any atom is -0.483 e. The Hall–Kier alpha value is -1.58. The highest BCUT2D eigenvalue weighted by molar-refractivity contribution is 6.32. The minimum atomic E-state index is -0.375. The highest BCUT2D eigenvalue weighted by Gasteiger charge is 2.19. The quantitative estimate of drug-likeness (QED) is 0.920. The second-order valence-corrected chi connectivity index (χ2v) is 4.79. The lowest BCUT2D eigenvalue weighted by molar-refractivity contribution is 0.180. The van der Waals surface area contributed by atoms with E-state index < -0.39 is 0 Å². The van der Waals surface area contributed by atoms with Gasteiger partial charge in [-0.15, -0.1) is 0 Å². The van der Waals surface area contributed by atoms with Gasteiger partial charge in [-0.05, 0) is 36.8 Å². The maximum atomic E-state index is 12.9. The predicted molar refractivity (Wildman–Crippen MR) is 74.9 cm³/mol. The van der Waals surface area contributed by atoms with Crippen LogP contribution in [0.2, 0.25) is 5.02 Å². The summed E-state index contributed by atoms with van der Waals surface area (Å²) in [5.41, 5.74) is 6.76. The van der Waals surface area contributed by atoms with E-state index in [-0.39, 0.29) is 18.0 Å². The molecule has 2 N–H and O–H groups in total. The molecular formula is C15H15ClFNO. The van der Waals surface area contributed by atoms with Crippen molar-refractivity contribution in [1.29, 1.82) is 0 Å². The zero-order chi connectivity index (χ0) is 13.8. The number of hydrogen-bond donors (Lipinski definition) is 1. The van der Waals surface area contributed by atoms with Crippen LogP contribution in [0.25, 0.3) is 0 Å². The molecule has 2 aromatic carbocycles. The van der Waals surface area contributed by atoms with Gasteiger partial charge in [-0.3, -0.25) is 0 Å². The Balaban J connectivity index is 2.26. The molecule has 4 heteroatoms. The van der Waals surface area contributed by atoms with E-state index >= 15 is 0 Å². The molecule has 0 fully saturated rings. The van der Waals surface area contributed by atoms with Crippen molar-refractivity contribution in [3.63, 3.8) is 0 Å². The van der Waals surface area contributed by atoms with Gasteiger partial charge in [-0.1, -0.05) is 35.9 Å². The van der Waals surface area contributed by atoms with Gasteiger partial charge in [0.2, 0.25) is 0 Å². The summed E-state index contributed by atoms with van der Waals surface area (Å²) in [6, 6.07) is 13.1. The van der Waals surface area contributed by atoms with Crippen molar-refractivity contribution >= 4 is 11.6 Å². The highest BCUT2D eigenvalue weighted by atomic mass is 35.5. The number of halogens is 2. The summed E-state index contributed by atoms with van der Waals surface area (Å²) in [4.78, 5) is 0. The molecule has 0 bridgehead atoms. The third-order valence-electron chi connectivity index (χ3n) is 2.77. The molecular weight excluding hydrogens is 265 g/mol. The van der Waals surface area contributed by atoms with Crippen molar-refractivity contribution in [1.82, 2.24) is 0 Å². The summed E-state index contributed by atoms with van der Waals surface area (Å²) in [5, 5.41) is 0.523. The van der Waals surface area contributed by atoms with Gasteiger partial charge in [-0.2, -0.15) is 0 Å². The molecule has 2 nitrogen and oxygen atoms in total. The minimum absolute atomic E-state index is 0.248. The van der Waals surface area contributed by atoms with Crippen molar-refractivity contribution < 1.29 is 9.13 Å². The molecule has 0 aromatic heterocycles. The highest BCUT2D eigenvalue weighted by Crippen LogP contribution is 2.30. The Morgan fingerprint density at radius 2 is 1.74 bits per heavy atom. The van der Waals surface area contributed by atoms with Crippen LogP contribution in [0.3, 0.4) is 0 Å². The van der Waals surface area contributed by atoms with E-state index in [4.69, 9.17) is 22.1 Å². The molecule has 2 aromatic rings. The average Bonchev–Trinajstić information content (AvgIpc) is 2.39. The molecule has 0 heterocycles. The van der Waals surface area contributed by atoms with Crippen molar-refractivity contribution in [2.45, 2.75) is 19.1 Å². The SMILES string of the molecule is CC(N)C(Oc1ccccc1Cl)c1ccc(F)cc1. The van der Waals surface area contributed by atoms with Gasteiger partial charge in [-0.25, -0.2) is 4.39 Å². The van der Waals surface area contributed by atoms with Crippen LogP contribution in [-0.4, -0.2) is 6.04 Å². The second kappa shape index (κ2) is 6.04. The summed E-state index contributed by atoms with van der Waals surface area (Å²) in [5.74, 6) is 0.278. The molecule has 19 heavy (non-hydrogen) atoms. The molecule has 100 valence electrons. The normalized spacial score (nSPS) is 13.9. The molecule has 0 aliphatic carbocycles. The lowest BCUT2D eigenvalue weighted by Crippen LogP contribution is -2.29. The van der Waals surface area contributed by atoms with E-state index in [1.165, 1.54) is 12.1 Å². The third-order valence-corrected chi connectivity index (χ3v) is 3.08. The first-order chi connectivity index (χ1) is 9.08. The van der Waals surface area contributed by atoms with Crippen molar-refractivity contribution in [2.24, 2.45) is 5.73 Å². The van der Waals surface area contributed by atoms with Crippen LogP contribution in [0.15, 0.2) is 48.5 Å². The number of rotatable bonds is 4. The van der Waals surface area contributed by atoms with Crippen LogP contribution in [-0.2, 0) is 0 Å². The third kappa shape index (κ3) is 3.46. The summed E-state index contributed by atoms with van der Waals surface area (Å²) in [7, 11) is 0. The maximum absolute atomic E-state index is 12.9. The smallest absolute Gasteiger partial charge is 0.139 e. The Labute approximate surface area is 117 Å². The standard InChI is InChI=1S/C15H15ClFNO/c1-10(18)15(11-6-8-12(17)9-7-11)19-14-5-3-2-4-13(14)16/h2-10,15H,18H2,1H3. The Morgan fingerprint density at radius 3 is 2.32 bits per heavy atom. The lowest BCUT2D eigenvalue weighted by atomic mass is 10.0. The molecule has 2 unspecified atom stereocenters. The van der Waals surface area contributed by atoms with Gasteiger partial charge in [0.15, 0.2) is 0 Å². The van der Waals surface area contributed by atoms with Crippen molar-refractivity contribution in [2.75, 3.05) is 0 Å². The monoisotopic (exact) mass is 279 g/mol. The summed E-state index contributed by atoms with van der Waals surface area (Å²) in [6.07, 6.45) is -0.375. The Morgan fingerprint density at radius 1 is 1.11 bits per heavy atom. The average molecular weight is 280 g/mol.